The molecule has 0 saturated heterocycles. The molecule has 0 aliphatic carbocycles. The third-order valence-electron chi connectivity index (χ3n) is 6.49. The van der Waals surface area contributed by atoms with Gasteiger partial charge < -0.3 is 19.3 Å². The molecule has 6 heteroatoms. The maximum Gasteiger partial charge on any atom is 0.167 e. The van der Waals surface area contributed by atoms with Gasteiger partial charge in [-0.25, -0.2) is 0 Å². The lowest BCUT2D eigenvalue weighted by atomic mass is 9.88. The van der Waals surface area contributed by atoms with E-state index >= 15 is 0 Å². The van der Waals surface area contributed by atoms with Gasteiger partial charge in [0.05, 0.1) is 13.2 Å². The zero-order chi connectivity index (χ0) is 27.9. The van der Waals surface area contributed by atoms with Gasteiger partial charge in [0.1, 0.15) is 11.5 Å². The summed E-state index contributed by atoms with van der Waals surface area (Å²) in [5, 5.41) is 0. The second kappa shape index (κ2) is 17.0. The predicted octanol–water partition coefficient (Wildman–Crippen LogP) is 6.25. The molecule has 210 valence electrons. The summed E-state index contributed by atoms with van der Waals surface area (Å²) in [7, 11) is 8.03. The number of ketones is 2. The zero-order valence-electron chi connectivity index (χ0n) is 24.4. The number of benzene rings is 2. The van der Waals surface area contributed by atoms with Crippen molar-refractivity contribution in [3.8, 4) is 11.5 Å². The van der Waals surface area contributed by atoms with Gasteiger partial charge >= 0.3 is 0 Å². The molecule has 0 heterocycles. The number of ether oxygens (including phenoxy) is 2. The van der Waals surface area contributed by atoms with Crippen LogP contribution in [0.5, 0.6) is 11.5 Å². The number of unbranched alkanes of at least 4 members (excludes halogenated alkanes) is 1. The van der Waals surface area contributed by atoms with E-state index in [-0.39, 0.29) is 23.4 Å². The first-order chi connectivity index (χ1) is 18.2. The summed E-state index contributed by atoms with van der Waals surface area (Å²) < 4.78 is 11.3. The van der Waals surface area contributed by atoms with Crippen LogP contribution in [-0.2, 0) is 0 Å². The van der Waals surface area contributed by atoms with E-state index in [2.05, 4.69) is 23.6 Å². The van der Waals surface area contributed by atoms with Crippen molar-refractivity contribution in [1.29, 1.82) is 0 Å². The number of rotatable bonds is 19. The summed E-state index contributed by atoms with van der Waals surface area (Å²) in [5.74, 6) is 1.79. The van der Waals surface area contributed by atoms with Crippen molar-refractivity contribution in [3.63, 3.8) is 0 Å². The third kappa shape index (κ3) is 11.0. The lowest BCUT2D eigenvalue weighted by molar-refractivity contribution is 0.0867. The van der Waals surface area contributed by atoms with Crippen molar-refractivity contribution in [3.05, 3.63) is 59.7 Å². The molecule has 2 aromatic rings. The molecule has 2 aromatic carbocycles. The van der Waals surface area contributed by atoms with Crippen LogP contribution in [0.1, 0.15) is 73.1 Å². The molecule has 0 aliphatic rings. The minimum Gasteiger partial charge on any atom is -0.494 e. The van der Waals surface area contributed by atoms with Crippen LogP contribution in [0, 0.1) is 11.8 Å². The number of nitrogens with zero attached hydrogens (tertiary/aromatic N) is 2. The molecule has 0 spiro atoms. The molecule has 0 unspecified atom stereocenters. The highest BCUT2D eigenvalue weighted by atomic mass is 16.5. The highest BCUT2D eigenvalue weighted by Gasteiger charge is 2.23. The van der Waals surface area contributed by atoms with Crippen LogP contribution in [0.3, 0.4) is 0 Å². The van der Waals surface area contributed by atoms with Gasteiger partial charge in [-0.15, -0.1) is 0 Å². The van der Waals surface area contributed by atoms with Gasteiger partial charge in [-0.2, -0.15) is 0 Å². The van der Waals surface area contributed by atoms with Gasteiger partial charge in [0.15, 0.2) is 11.6 Å². The predicted molar refractivity (Wildman–Crippen MR) is 156 cm³/mol. The summed E-state index contributed by atoms with van der Waals surface area (Å²) in [5.41, 5.74) is 1.46. The molecule has 2 rings (SSSR count). The molecule has 6 nitrogen and oxygen atoms in total. The number of Topliss-reactive ketones (excluding diaryl/α,β-unsaturated/α-hetero) is 2. The Bertz CT molecular complexity index is 875. The largest absolute Gasteiger partial charge is 0.494 e. The fourth-order valence-electron chi connectivity index (χ4n) is 4.62. The lowest BCUT2D eigenvalue weighted by Gasteiger charge is -2.22. The fraction of sp³-hybridized carbons (Fsp3) is 0.562. The number of hydrogen-bond donors (Lipinski definition) is 0. The molecule has 0 fully saturated rings. The van der Waals surface area contributed by atoms with Crippen LogP contribution < -0.4 is 9.47 Å². The van der Waals surface area contributed by atoms with Crippen molar-refractivity contribution >= 4 is 11.6 Å². The molecule has 0 saturated carbocycles. The highest BCUT2D eigenvalue weighted by molar-refractivity contribution is 5.98. The van der Waals surface area contributed by atoms with Gasteiger partial charge in [0.25, 0.3) is 0 Å². The second-order valence-electron chi connectivity index (χ2n) is 10.7. The summed E-state index contributed by atoms with van der Waals surface area (Å²) in [6.07, 6.45) is 5.32. The Morgan fingerprint density at radius 2 is 0.974 bits per heavy atom. The standard InChI is InChI=1S/C32H48N2O4/c1-7-21-37-29-17-13-25(14-18-29)31(35)27(23-33(3)4)11-9-10-12-28(24-34(5)6)32(36)26-15-19-30(20-16-26)38-22-8-2/h13-20,27-28H,7-12,21-24H2,1-6H3/t27-,28-/m0/s1. The van der Waals surface area contributed by atoms with E-state index in [9.17, 15) is 9.59 Å². The summed E-state index contributed by atoms with van der Waals surface area (Å²) in [6.45, 7) is 6.91. The molecular formula is C32H48N2O4. The topological polar surface area (TPSA) is 59.1 Å². The molecule has 38 heavy (non-hydrogen) atoms. The minimum atomic E-state index is -0.0777. The number of carbonyl (C=O) groups excluding carboxylic acids is 2. The van der Waals surface area contributed by atoms with E-state index in [1.165, 1.54) is 0 Å². The highest BCUT2D eigenvalue weighted by Crippen LogP contribution is 2.23. The Labute approximate surface area is 230 Å². The van der Waals surface area contributed by atoms with Gasteiger partial charge in [-0.05, 0) is 102 Å². The van der Waals surface area contributed by atoms with E-state index in [1.807, 2.05) is 76.7 Å². The van der Waals surface area contributed by atoms with Crippen molar-refractivity contribution in [2.45, 2.75) is 52.4 Å². The van der Waals surface area contributed by atoms with Crippen molar-refractivity contribution < 1.29 is 19.1 Å². The first-order valence-electron chi connectivity index (χ1n) is 14.1. The first-order valence-corrected chi connectivity index (χ1v) is 14.1. The molecule has 2 atom stereocenters. The molecule has 0 amide bonds. The van der Waals surface area contributed by atoms with Gasteiger partial charge in [-0.3, -0.25) is 9.59 Å². The van der Waals surface area contributed by atoms with E-state index in [1.54, 1.807) is 0 Å². The first kappa shape index (κ1) is 31.5. The summed E-state index contributed by atoms with van der Waals surface area (Å²) in [6, 6.07) is 15.0. The van der Waals surface area contributed by atoms with Crippen LogP contribution in [-0.4, -0.2) is 75.9 Å². The van der Waals surface area contributed by atoms with E-state index in [4.69, 9.17) is 9.47 Å². The molecule has 0 aliphatic heterocycles. The smallest absolute Gasteiger partial charge is 0.167 e. The normalized spacial score (nSPS) is 12.9. The van der Waals surface area contributed by atoms with Crippen LogP contribution in [0.2, 0.25) is 0 Å². The van der Waals surface area contributed by atoms with Gasteiger partial charge in [-0.1, -0.05) is 26.7 Å². The summed E-state index contributed by atoms with van der Waals surface area (Å²) in [4.78, 5) is 30.8. The van der Waals surface area contributed by atoms with Gasteiger partial charge in [0.2, 0.25) is 0 Å². The Kier molecular flexibility index (Phi) is 14.1. The fourth-order valence-corrected chi connectivity index (χ4v) is 4.62. The Balaban J connectivity index is 1.97. The van der Waals surface area contributed by atoms with Crippen LogP contribution in [0.25, 0.3) is 0 Å². The number of carbonyl (C=O) groups is 2. The zero-order valence-corrected chi connectivity index (χ0v) is 24.4. The van der Waals surface area contributed by atoms with E-state index < -0.39 is 0 Å². The number of hydrogen-bond acceptors (Lipinski definition) is 6. The Hall–Kier alpha value is -2.70. The van der Waals surface area contributed by atoms with Gasteiger partial charge in [0, 0.05) is 36.1 Å². The quantitative estimate of drug-likeness (QED) is 0.160. The monoisotopic (exact) mass is 524 g/mol. The maximum absolute atomic E-state index is 13.3. The SMILES string of the molecule is CCCOc1ccc(C(=O)[C@@H](CCCC[C@@H](CN(C)C)C(=O)c2ccc(OCCC)cc2)CN(C)C)cc1. The van der Waals surface area contributed by atoms with Crippen molar-refractivity contribution in [2.24, 2.45) is 11.8 Å². The molecular weight excluding hydrogens is 476 g/mol. The minimum absolute atomic E-state index is 0.0777. The van der Waals surface area contributed by atoms with E-state index in [0.717, 1.165) is 61.2 Å². The Morgan fingerprint density at radius 3 is 1.26 bits per heavy atom. The average molecular weight is 525 g/mol. The van der Waals surface area contributed by atoms with E-state index in [0.29, 0.717) is 26.3 Å². The average Bonchev–Trinajstić information content (AvgIpc) is 2.91. The maximum atomic E-state index is 13.3. The summed E-state index contributed by atoms with van der Waals surface area (Å²) >= 11 is 0. The molecule has 0 radical (unpaired) electrons. The van der Waals surface area contributed by atoms with Crippen molar-refractivity contribution in [2.75, 3.05) is 54.5 Å². The van der Waals surface area contributed by atoms with Crippen LogP contribution >= 0.6 is 0 Å². The lowest BCUT2D eigenvalue weighted by Crippen LogP contribution is -2.29. The third-order valence-corrected chi connectivity index (χ3v) is 6.49. The second-order valence-corrected chi connectivity index (χ2v) is 10.7. The Morgan fingerprint density at radius 1 is 0.632 bits per heavy atom. The van der Waals surface area contributed by atoms with Crippen LogP contribution in [0.4, 0.5) is 0 Å². The van der Waals surface area contributed by atoms with Crippen molar-refractivity contribution in [1.82, 2.24) is 9.80 Å². The molecule has 0 N–H and O–H groups in total. The van der Waals surface area contributed by atoms with Crippen LogP contribution in [0.15, 0.2) is 48.5 Å². The molecule has 0 aromatic heterocycles. The molecule has 0 bridgehead atoms.